The molecule has 0 aliphatic rings. The molecule has 5 heteroatoms. The van der Waals surface area contributed by atoms with Crippen LogP contribution in [0.3, 0.4) is 0 Å². The summed E-state index contributed by atoms with van der Waals surface area (Å²) in [6.45, 7) is 0. The number of rotatable bonds is 3. The van der Waals surface area contributed by atoms with E-state index < -0.39 is 0 Å². The summed E-state index contributed by atoms with van der Waals surface area (Å²) in [5.74, 6) is 0.475. The molecule has 0 aliphatic carbocycles. The van der Waals surface area contributed by atoms with E-state index in [4.69, 9.17) is 4.74 Å². The van der Waals surface area contributed by atoms with Crippen LogP contribution in [0.4, 0.5) is 5.69 Å². The molecule has 0 saturated carbocycles. The first-order valence-electron chi connectivity index (χ1n) is 4.84. The van der Waals surface area contributed by atoms with Crippen molar-refractivity contribution in [2.24, 2.45) is 0 Å². The van der Waals surface area contributed by atoms with Crippen molar-refractivity contribution in [1.82, 2.24) is 15.0 Å². The average Bonchev–Trinajstić information content (AvgIpc) is 2.38. The van der Waals surface area contributed by atoms with Crippen molar-refractivity contribution >= 4 is 5.69 Å². The lowest BCUT2D eigenvalue weighted by molar-refractivity contribution is 0.397. The fourth-order valence-electron chi connectivity index (χ4n) is 1.37. The van der Waals surface area contributed by atoms with Gasteiger partial charge in [-0.2, -0.15) is 0 Å². The Kier molecular flexibility index (Phi) is 2.95. The van der Waals surface area contributed by atoms with E-state index in [1.54, 1.807) is 25.7 Å². The Morgan fingerprint density at radius 3 is 2.69 bits per heavy atom. The SMILES string of the molecule is CNc1ccnc(-c2nccnc2OC)c1. The van der Waals surface area contributed by atoms with E-state index in [1.165, 1.54) is 0 Å². The molecule has 1 N–H and O–H groups in total. The second kappa shape index (κ2) is 4.57. The molecule has 0 aliphatic heterocycles. The molecule has 2 aromatic rings. The number of aromatic nitrogens is 3. The van der Waals surface area contributed by atoms with Gasteiger partial charge in [0, 0.05) is 31.3 Å². The van der Waals surface area contributed by atoms with Gasteiger partial charge in [-0.3, -0.25) is 4.98 Å². The minimum absolute atomic E-state index is 0.475. The number of nitrogens with zero attached hydrogens (tertiary/aromatic N) is 3. The highest BCUT2D eigenvalue weighted by Crippen LogP contribution is 2.24. The first-order chi connectivity index (χ1) is 7.85. The Morgan fingerprint density at radius 1 is 1.12 bits per heavy atom. The number of anilines is 1. The molecule has 0 bridgehead atoms. The summed E-state index contributed by atoms with van der Waals surface area (Å²) >= 11 is 0. The summed E-state index contributed by atoms with van der Waals surface area (Å²) in [7, 11) is 3.42. The van der Waals surface area contributed by atoms with Crippen LogP contribution >= 0.6 is 0 Å². The summed E-state index contributed by atoms with van der Waals surface area (Å²) in [4.78, 5) is 12.5. The second-order valence-electron chi connectivity index (χ2n) is 3.09. The third-order valence-corrected chi connectivity index (χ3v) is 2.15. The molecular formula is C11H12N4O. The molecule has 82 valence electrons. The van der Waals surface area contributed by atoms with Crippen LogP contribution in [0.2, 0.25) is 0 Å². The normalized spacial score (nSPS) is 9.88. The Balaban J connectivity index is 2.49. The van der Waals surface area contributed by atoms with Crippen LogP contribution in [0, 0.1) is 0 Å². The van der Waals surface area contributed by atoms with E-state index in [2.05, 4.69) is 20.3 Å². The Hall–Kier alpha value is -2.17. The monoisotopic (exact) mass is 216 g/mol. The molecule has 16 heavy (non-hydrogen) atoms. The van der Waals surface area contributed by atoms with Crippen molar-refractivity contribution in [2.45, 2.75) is 0 Å². The van der Waals surface area contributed by atoms with Crippen LogP contribution in [-0.2, 0) is 0 Å². The topological polar surface area (TPSA) is 59.9 Å². The van der Waals surface area contributed by atoms with Crippen LogP contribution < -0.4 is 10.1 Å². The molecule has 5 nitrogen and oxygen atoms in total. The molecule has 0 amide bonds. The van der Waals surface area contributed by atoms with Gasteiger partial charge < -0.3 is 10.1 Å². The van der Waals surface area contributed by atoms with Crippen molar-refractivity contribution in [3.63, 3.8) is 0 Å². The molecule has 0 atom stereocenters. The van der Waals surface area contributed by atoms with Crippen molar-refractivity contribution in [3.8, 4) is 17.3 Å². The van der Waals surface area contributed by atoms with Gasteiger partial charge in [-0.05, 0) is 12.1 Å². The third-order valence-electron chi connectivity index (χ3n) is 2.15. The summed E-state index contributed by atoms with van der Waals surface area (Å²) in [6.07, 6.45) is 4.92. The van der Waals surface area contributed by atoms with E-state index in [1.807, 2.05) is 19.2 Å². The highest BCUT2D eigenvalue weighted by molar-refractivity contribution is 5.64. The van der Waals surface area contributed by atoms with Gasteiger partial charge in [0.25, 0.3) is 0 Å². The van der Waals surface area contributed by atoms with Crippen LogP contribution in [0.15, 0.2) is 30.7 Å². The molecule has 0 aromatic carbocycles. The molecule has 0 saturated heterocycles. The smallest absolute Gasteiger partial charge is 0.241 e. The van der Waals surface area contributed by atoms with Gasteiger partial charge in [0.05, 0.1) is 12.8 Å². The van der Waals surface area contributed by atoms with E-state index in [-0.39, 0.29) is 0 Å². The minimum Gasteiger partial charge on any atom is -0.479 e. The molecule has 2 aromatic heterocycles. The number of ether oxygens (including phenoxy) is 1. The van der Waals surface area contributed by atoms with Crippen LogP contribution in [0.1, 0.15) is 0 Å². The van der Waals surface area contributed by atoms with Gasteiger partial charge >= 0.3 is 0 Å². The summed E-state index contributed by atoms with van der Waals surface area (Å²) in [5, 5.41) is 3.05. The predicted octanol–water partition coefficient (Wildman–Crippen LogP) is 1.59. The first kappa shape index (κ1) is 10.4. The maximum Gasteiger partial charge on any atom is 0.241 e. The van der Waals surface area contributed by atoms with E-state index in [9.17, 15) is 0 Å². The number of hydrogen-bond donors (Lipinski definition) is 1. The zero-order chi connectivity index (χ0) is 11.4. The maximum atomic E-state index is 5.14. The molecule has 0 spiro atoms. The van der Waals surface area contributed by atoms with Gasteiger partial charge in [0.2, 0.25) is 5.88 Å². The quantitative estimate of drug-likeness (QED) is 0.844. The summed E-state index contributed by atoms with van der Waals surface area (Å²) < 4.78 is 5.14. The standard InChI is InChI=1S/C11H12N4O/c1-12-8-3-4-13-9(7-8)10-11(16-2)15-6-5-14-10/h3-7H,1-2H3,(H,12,13). The van der Waals surface area contributed by atoms with Crippen LogP contribution in [-0.4, -0.2) is 29.1 Å². The minimum atomic E-state index is 0.475. The fourth-order valence-corrected chi connectivity index (χ4v) is 1.37. The number of nitrogens with one attached hydrogen (secondary N) is 1. The van der Waals surface area contributed by atoms with Gasteiger partial charge in [0.1, 0.15) is 0 Å². The molecule has 2 rings (SSSR count). The van der Waals surface area contributed by atoms with Crippen molar-refractivity contribution in [2.75, 3.05) is 19.5 Å². The van der Waals surface area contributed by atoms with Crippen molar-refractivity contribution < 1.29 is 4.74 Å². The zero-order valence-corrected chi connectivity index (χ0v) is 9.14. The zero-order valence-electron chi connectivity index (χ0n) is 9.14. The highest BCUT2D eigenvalue weighted by atomic mass is 16.5. The number of pyridine rings is 1. The second-order valence-corrected chi connectivity index (χ2v) is 3.09. The molecule has 0 fully saturated rings. The summed E-state index contributed by atoms with van der Waals surface area (Å²) in [5.41, 5.74) is 2.34. The molecule has 0 unspecified atom stereocenters. The lowest BCUT2D eigenvalue weighted by atomic mass is 10.2. The van der Waals surface area contributed by atoms with Gasteiger partial charge in [-0.1, -0.05) is 0 Å². The van der Waals surface area contributed by atoms with E-state index >= 15 is 0 Å². The third kappa shape index (κ3) is 1.93. The lowest BCUT2D eigenvalue weighted by Crippen LogP contribution is -1.96. The van der Waals surface area contributed by atoms with E-state index in [0.717, 1.165) is 11.4 Å². The molecule has 2 heterocycles. The van der Waals surface area contributed by atoms with Gasteiger partial charge in [-0.25, -0.2) is 9.97 Å². The van der Waals surface area contributed by atoms with Gasteiger partial charge in [-0.15, -0.1) is 0 Å². The van der Waals surface area contributed by atoms with Gasteiger partial charge in [0.15, 0.2) is 5.69 Å². The Labute approximate surface area is 93.5 Å². The fraction of sp³-hybridized carbons (Fsp3) is 0.182. The van der Waals surface area contributed by atoms with Crippen molar-refractivity contribution in [1.29, 1.82) is 0 Å². The average molecular weight is 216 g/mol. The predicted molar refractivity (Wildman–Crippen MR) is 61.4 cm³/mol. The number of hydrogen-bond acceptors (Lipinski definition) is 5. The van der Waals surface area contributed by atoms with Crippen molar-refractivity contribution in [3.05, 3.63) is 30.7 Å². The number of methoxy groups -OCH3 is 1. The summed E-state index contributed by atoms with van der Waals surface area (Å²) in [6, 6.07) is 3.78. The molecule has 0 radical (unpaired) electrons. The Morgan fingerprint density at radius 2 is 1.94 bits per heavy atom. The lowest BCUT2D eigenvalue weighted by Gasteiger charge is -2.06. The van der Waals surface area contributed by atoms with Crippen LogP contribution in [0.25, 0.3) is 11.4 Å². The van der Waals surface area contributed by atoms with Crippen LogP contribution in [0.5, 0.6) is 5.88 Å². The largest absolute Gasteiger partial charge is 0.479 e. The Bertz CT molecular complexity index is 487. The molecular weight excluding hydrogens is 204 g/mol. The van der Waals surface area contributed by atoms with E-state index in [0.29, 0.717) is 11.6 Å². The maximum absolute atomic E-state index is 5.14. The highest BCUT2D eigenvalue weighted by Gasteiger charge is 2.09. The first-order valence-corrected chi connectivity index (χ1v) is 4.84.